The highest BCUT2D eigenvalue weighted by molar-refractivity contribution is 5.85. The summed E-state index contributed by atoms with van der Waals surface area (Å²) in [5.41, 5.74) is 2.63. The first-order valence-corrected chi connectivity index (χ1v) is 6.11. The number of rotatable bonds is 3. The number of hydrogen-bond acceptors (Lipinski definition) is 3. The van der Waals surface area contributed by atoms with Crippen molar-refractivity contribution in [2.75, 3.05) is 0 Å². The van der Waals surface area contributed by atoms with E-state index in [9.17, 15) is 5.11 Å². The van der Waals surface area contributed by atoms with Gasteiger partial charge in [-0.1, -0.05) is 29.8 Å². The van der Waals surface area contributed by atoms with Crippen molar-refractivity contribution in [3.8, 4) is 11.5 Å². The van der Waals surface area contributed by atoms with Crippen LogP contribution in [-0.4, -0.2) is 5.11 Å². The first-order valence-electron chi connectivity index (χ1n) is 6.11. The van der Waals surface area contributed by atoms with Gasteiger partial charge in [-0.2, -0.15) is 0 Å². The number of phenolic OH excluding ortho intramolecular Hbond substituents is 1. The summed E-state index contributed by atoms with van der Waals surface area (Å²) in [6.45, 7) is 2.45. The first kappa shape index (κ1) is 11.7. The lowest BCUT2D eigenvalue weighted by molar-refractivity contribution is 0.306. The fourth-order valence-electron chi connectivity index (χ4n) is 2.00. The number of phenols is 1. The second-order valence-corrected chi connectivity index (χ2v) is 4.52. The molecule has 96 valence electrons. The van der Waals surface area contributed by atoms with E-state index < -0.39 is 0 Å². The van der Waals surface area contributed by atoms with Gasteiger partial charge in [-0.3, -0.25) is 0 Å². The summed E-state index contributed by atoms with van der Waals surface area (Å²) in [7, 11) is 0. The summed E-state index contributed by atoms with van der Waals surface area (Å²) in [5, 5.41) is 10.5. The SMILES string of the molecule is Cc1ccc(OCc2coc3c(O)cccc23)cc1. The van der Waals surface area contributed by atoms with Crippen molar-refractivity contribution in [2.45, 2.75) is 13.5 Å². The maximum atomic E-state index is 9.67. The van der Waals surface area contributed by atoms with Crippen molar-refractivity contribution < 1.29 is 14.3 Å². The molecule has 0 atom stereocenters. The molecule has 0 unspecified atom stereocenters. The predicted octanol–water partition coefficient (Wildman–Crippen LogP) is 4.03. The Morgan fingerprint density at radius 3 is 2.68 bits per heavy atom. The maximum absolute atomic E-state index is 9.67. The summed E-state index contributed by atoms with van der Waals surface area (Å²) < 4.78 is 11.1. The molecule has 0 radical (unpaired) electrons. The van der Waals surface area contributed by atoms with E-state index in [-0.39, 0.29) is 5.75 Å². The van der Waals surface area contributed by atoms with E-state index in [2.05, 4.69) is 0 Å². The van der Waals surface area contributed by atoms with Crippen LogP contribution in [0.1, 0.15) is 11.1 Å². The Morgan fingerprint density at radius 1 is 1.11 bits per heavy atom. The molecule has 1 N–H and O–H groups in total. The number of fused-ring (bicyclic) bond motifs is 1. The zero-order chi connectivity index (χ0) is 13.2. The van der Waals surface area contributed by atoms with Crippen LogP contribution in [0.25, 0.3) is 11.0 Å². The van der Waals surface area contributed by atoms with Gasteiger partial charge in [0, 0.05) is 10.9 Å². The monoisotopic (exact) mass is 254 g/mol. The molecule has 2 aromatic carbocycles. The summed E-state index contributed by atoms with van der Waals surface area (Å²) in [5.74, 6) is 0.971. The number of para-hydroxylation sites is 1. The van der Waals surface area contributed by atoms with Crippen LogP contribution in [-0.2, 0) is 6.61 Å². The predicted molar refractivity (Wildman–Crippen MR) is 73.4 cm³/mol. The minimum Gasteiger partial charge on any atom is -0.504 e. The standard InChI is InChI=1S/C16H14O3/c1-11-5-7-13(8-6-11)18-9-12-10-19-16-14(12)3-2-4-15(16)17/h2-8,10,17H,9H2,1H3. The Bertz CT molecular complexity index is 696. The second-order valence-electron chi connectivity index (χ2n) is 4.52. The van der Waals surface area contributed by atoms with E-state index in [0.717, 1.165) is 16.7 Å². The molecule has 0 saturated carbocycles. The fourth-order valence-corrected chi connectivity index (χ4v) is 2.00. The van der Waals surface area contributed by atoms with Gasteiger partial charge in [0.05, 0.1) is 6.26 Å². The van der Waals surface area contributed by atoms with Crippen LogP contribution >= 0.6 is 0 Å². The highest BCUT2D eigenvalue weighted by atomic mass is 16.5. The van der Waals surface area contributed by atoms with Gasteiger partial charge in [-0.05, 0) is 25.1 Å². The smallest absolute Gasteiger partial charge is 0.175 e. The number of furan rings is 1. The van der Waals surface area contributed by atoms with Crippen LogP contribution in [0.5, 0.6) is 11.5 Å². The number of benzene rings is 2. The quantitative estimate of drug-likeness (QED) is 0.767. The largest absolute Gasteiger partial charge is 0.504 e. The minimum atomic E-state index is 0.152. The zero-order valence-corrected chi connectivity index (χ0v) is 10.6. The summed E-state index contributed by atoms with van der Waals surface area (Å²) in [6.07, 6.45) is 1.62. The van der Waals surface area contributed by atoms with Crippen LogP contribution in [0.2, 0.25) is 0 Å². The van der Waals surface area contributed by atoms with Gasteiger partial charge in [0.15, 0.2) is 11.3 Å². The van der Waals surface area contributed by atoms with E-state index in [4.69, 9.17) is 9.15 Å². The molecule has 1 heterocycles. The highest BCUT2D eigenvalue weighted by Crippen LogP contribution is 2.29. The van der Waals surface area contributed by atoms with Crippen molar-refractivity contribution >= 4 is 11.0 Å². The Morgan fingerprint density at radius 2 is 1.89 bits per heavy atom. The lowest BCUT2D eigenvalue weighted by atomic mass is 10.2. The second kappa shape index (κ2) is 4.69. The normalized spacial score (nSPS) is 10.8. The summed E-state index contributed by atoms with van der Waals surface area (Å²) >= 11 is 0. The van der Waals surface area contributed by atoms with Crippen molar-refractivity contribution in [2.24, 2.45) is 0 Å². The van der Waals surface area contributed by atoms with Gasteiger partial charge in [-0.15, -0.1) is 0 Å². The van der Waals surface area contributed by atoms with Gasteiger partial charge in [0.2, 0.25) is 0 Å². The van der Waals surface area contributed by atoms with Gasteiger partial charge < -0.3 is 14.3 Å². The van der Waals surface area contributed by atoms with Crippen molar-refractivity contribution in [1.82, 2.24) is 0 Å². The molecule has 0 bridgehead atoms. The molecule has 0 aliphatic heterocycles. The van der Waals surface area contributed by atoms with Crippen LogP contribution in [0.15, 0.2) is 53.1 Å². The van der Waals surface area contributed by atoms with E-state index in [1.165, 1.54) is 5.56 Å². The van der Waals surface area contributed by atoms with Crippen molar-refractivity contribution in [3.63, 3.8) is 0 Å². The van der Waals surface area contributed by atoms with E-state index in [1.807, 2.05) is 37.3 Å². The van der Waals surface area contributed by atoms with Crippen LogP contribution in [0.3, 0.4) is 0 Å². The number of hydrogen-bond donors (Lipinski definition) is 1. The molecule has 0 aliphatic carbocycles. The molecular formula is C16H14O3. The minimum absolute atomic E-state index is 0.152. The Labute approximate surface area is 111 Å². The molecule has 0 saturated heterocycles. The summed E-state index contributed by atoms with van der Waals surface area (Å²) in [6, 6.07) is 13.2. The molecule has 0 amide bonds. The first-order chi connectivity index (χ1) is 9.24. The molecule has 3 nitrogen and oxygen atoms in total. The molecular weight excluding hydrogens is 240 g/mol. The third kappa shape index (κ3) is 2.27. The van der Waals surface area contributed by atoms with Gasteiger partial charge in [0.25, 0.3) is 0 Å². The van der Waals surface area contributed by atoms with Gasteiger partial charge in [-0.25, -0.2) is 0 Å². The molecule has 3 heteroatoms. The molecule has 3 aromatic rings. The number of ether oxygens (including phenoxy) is 1. The number of aromatic hydroxyl groups is 1. The molecule has 0 fully saturated rings. The summed E-state index contributed by atoms with van der Waals surface area (Å²) in [4.78, 5) is 0. The third-order valence-electron chi connectivity index (χ3n) is 3.07. The van der Waals surface area contributed by atoms with Crippen molar-refractivity contribution in [1.29, 1.82) is 0 Å². The topological polar surface area (TPSA) is 42.6 Å². The van der Waals surface area contributed by atoms with Crippen LogP contribution in [0.4, 0.5) is 0 Å². The van der Waals surface area contributed by atoms with E-state index in [1.54, 1.807) is 18.4 Å². The average molecular weight is 254 g/mol. The van der Waals surface area contributed by atoms with E-state index >= 15 is 0 Å². The van der Waals surface area contributed by atoms with Gasteiger partial charge >= 0.3 is 0 Å². The van der Waals surface area contributed by atoms with Crippen LogP contribution in [0, 0.1) is 6.92 Å². The maximum Gasteiger partial charge on any atom is 0.175 e. The Balaban J connectivity index is 1.82. The Hall–Kier alpha value is -2.42. The van der Waals surface area contributed by atoms with Gasteiger partial charge in [0.1, 0.15) is 12.4 Å². The van der Waals surface area contributed by atoms with Crippen molar-refractivity contribution in [3.05, 3.63) is 59.9 Å². The molecule has 0 aliphatic rings. The van der Waals surface area contributed by atoms with Crippen LogP contribution < -0.4 is 4.74 Å². The number of aryl methyl sites for hydroxylation is 1. The lowest BCUT2D eigenvalue weighted by Crippen LogP contribution is -1.94. The highest BCUT2D eigenvalue weighted by Gasteiger charge is 2.09. The lowest BCUT2D eigenvalue weighted by Gasteiger charge is -2.05. The van der Waals surface area contributed by atoms with E-state index in [0.29, 0.717) is 12.2 Å². The fraction of sp³-hybridized carbons (Fsp3) is 0.125. The molecule has 1 aromatic heterocycles. The average Bonchev–Trinajstić information content (AvgIpc) is 2.83. The molecule has 3 rings (SSSR count). The molecule has 19 heavy (non-hydrogen) atoms. The molecule has 0 spiro atoms. The third-order valence-corrected chi connectivity index (χ3v) is 3.07. The zero-order valence-electron chi connectivity index (χ0n) is 10.6. The Kier molecular flexibility index (Phi) is 2.88.